The van der Waals surface area contributed by atoms with E-state index in [1.54, 1.807) is 11.3 Å². The Morgan fingerprint density at radius 3 is 2.71 bits per heavy atom. The number of piperidine rings is 1. The summed E-state index contributed by atoms with van der Waals surface area (Å²) in [5.74, 6) is 0.468. The fourth-order valence-corrected chi connectivity index (χ4v) is 6.81. The number of aromatic nitrogens is 2. The van der Waals surface area contributed by atoms with Crippen LogP contribution in [-0.4, -0.2) is 63.3 Å². The first kappa shape index (κ1) is 20.6. The van der Waals surface area contributed by atoms with E-state index in [4.69, 9.17) is 5.73 Å². The molecular formula is C22H29N5O3S. The number of aromatic amines is 1. The molecule has 0 bridgehead atoms. The standard InChI is InChI=1S/C22H29N5O3S/c23-20(29)15-4-2-10-27(15)13-8-11-26(12-9-13)18(28)7-6-17-24-21(30)19-14-3-1-5-16(14)31-22(19)25-17/h13,15H,1-12H2,(H2,23,29)(H,24,25,30). The summed E-state index contributed by atoms with van der Waals surface area (Å²) in [5, 5.41) is 0.755. The van der Waals surface area contributed by atoms with Crippen molar-refractivity contribution >= 4 is 33.4 Å². The van der Waals surface area contributed by atoms with Gasteiger partial charge in [0.15, 0.2) is 0 Å². The molecule has 8 nitrogen and oxygen atoms in total. The molecule has 1 aliphatic carbocycles. The molecule has 9 heteroatoms. The van der Waals surface area contributed by atoms with Gasteiger partial charge >= 0.3 is 0 Å². The zero-order valence-electron chi connectivity index (χ0n) is 17.7. The van der Waals surface area contributed by atoms with E-state index < -0.39 is 0 Å². The van der Waals surface area contributed by atoms with E-state index in [9.17, 15) is 14.4 Å². The van der Waals surface area contributed by atoms with Crippen LogP contribution in [-0.2, 0) is 28.9 Å². The van der Waals surface area contributed by atoms with Gasteiger partial charge in [-0.2, -0.15) is 0 Å². The number of carbonyl (C=O) groups is 2. The molecule has 5 rings (SSSR count). The minimum atomic E-state index is -0.231. The van der Waals surface area contributed by atoms with Gasteiger partial charge in [-0.15, -0.1) is 11.3 Å². The van der Waals surface area contributed by atoms with Crippen molar-refractivity contribution in [3.63, 3.8) is 0 Å². The van der Waals surface area contributed by atoms with Crippen LogP contribution < -0.4 is 11.3 Å². The number of amides is 2. The largest absolute Gasteiger partial charge is 0.368 e. The Bertz CT molecular complexity index is 1070. The minimum Gasteiger partial charge on any atom is -0.368 e. The molecule has 2 aliphatic heterocycles. The van der Waals surface area contributed by atoms with E-state index in [1.165, 1.54) is 10.4 Å². The van der Waals surface area contributed by atoms with Crippen molar-refractivity contribution in [3.8, 4) is 0 Å². The van der Waals surface area contributed by atoms with Gasteiger partial charge in [0.25, 0.3) is 5.56 Å². The average Bonchev–Trinajstić information content (AvgIpc) is 3.47. The zero-order valence-corrected chi connectivity index (χ0v) is 18.5. The SMILES string of the molecule is NC(=O)C1CCCN1C1CCN(C(=O)CCc2nc3sc4c(c3c(=O)[nH]2)CCC4)CC1. The van der Waals surface area contributed by atoms with Crippen LogP contribution in [0.1, 0.15) is 54.8 Å². The Balaban J connectivity index is 1.17. The topological polar surface area (TPSA) is 112 Å². The lowest BCUT2D eigenvalue weighted by molar-refractivity contribution is -0.133. The number of primary amides is 1. The van der Waals surface area contributed by atoms with Gasteiger partial charge in [-0.1, -0.05) is 0 Å². The lowest BCUT2D eigenvalue weighted by Crippen LogP contribution is -2.51. The summed E-state index contributed by atoms with van der Waals surface area (Å²) in [6.07, 6.45) is 7.51. The Morgan fingerprint density at radius 1 is 1.13 bits per heavy atom. The number of nitrogens with one attached hydrogen (secondary N) is 1. The second-order valence-electron chi connectivity index (χ2n) is 8.96. The number of nitrogens with zero attached hydrogens (tertiary/aromatic N) is 3. The molecule has 2 fully saturated rings. The van der Waals surface area contributed by atoms with Crippen molar-refractivity contribution in [1.82, 2.24) is 19.8 Å². The molecule has 0 saturated carbocycles. The lowest BCUT2D eigenvalue weighted by Gasteiger charge is -2.38. The number of likely N-dealkylation sites (tertiary alicyclic amines) is 2. The summed E-state index contributed by atoms with van der Waals surface area (Å²) in [7, 11) is 0. The van der Waals surface area contributed by atoms with Gasteiger partial charge in [-0.05, 0) is 57.1 Å². The van der Waals surface area contributed by atoms with Crippen LogP contribution in [0.25, 0.3) is 10.2 Å². The van der Waals surface area contributed by atoms with Crippen molar-refractivity contribution in [1.29, 1.82) is 0 Å². The predicted molar refractivity (Wildman–Crippen MR) is 119 cm³/mol. The Morgan fingerprint density at radius 2 is 1.94 bits per heavy atom. The maximum absolute atomic E-state index is 12.8. The number of fused-ring (bicyclic) bond motifs is 3. The maximum atomic E-state index is 12.8. The van der Waals surface area contributed by atoms with Crippen LogP contribution in [0.5, 0.6) is 0 Å². The summed E-state index contributed by atoms with van der Waals surface area (Å²) in [5.41, 5.74) is 6.66. The molecule has 0 aromatic carbocycles. The third-order valence-corrected chi connectivity index (χ3v) is 8.29. The lowest BCUT2D eigenvalue weighted by atomic mass is 10.0. The van der Waals surface area contributed by atoms with Gasteiger partial charge in [-0.3, -0.25) is 19.3 Å². The molecule has 3 aliphatic rings. The number of nitrogens with two attached hydrogens (primary N) is 1. The van der Waals surface area contributed by atoms with Crippen LogP contribution >= 0.6 is 11.3 Å². The number of rotatable bonds is 5. The molecule has 2 amide bonds. The smallest absolute Gasteiger partial charge is 0.259 e. The molecule has 31 heavy (non-hydrogen) atoms. The molecule has 1 unspecified atom stereocenters. The zero-order chi connectivity index (χ0) is 21.5. The van der Waals surface area contributed by atoms with Gasteiger partial charge in [0.2, 0.25) is 11.8 Å². The average molecular weight is 444 g/mol. The number of hydrogen-bond acceptors (Lipinski definition) is 6. The van der Waals surface area contributed by atoms with Crippen molar-refractivity contribution in [3.05, 3.63) is 26.6 Å². The van der Waals surface area contributed by atoms with E-state index >= 15 is 0 Å². The predicted octanol–water partition coefficient (Wildman–Crippen LogP) is 1.35. The van der Waals surface area contributed by atoms with Crippen molar-refractivity contribution in [2.45, 2.75) is 69.9 Å². The van der Waals surface area contributed by atoms with E-state index in [1.807, 2.05) is 4.90 Å². The second-order valence-corrected chi connectivity index (χ2v) is 10.0. The summed E-state index contributed by atoms with van der Waals surface area (Å²) < 4.78 is 0. The molecule has 4 heterocycles. The highest BCUT2D eigenvalue weighted by Gasteiger charge is 2.36. The fourth-order valence-electron chi connectivity index (χ4n) is 5.53. The Hall–Kier alpha value is -2.26. The molecule has 166 valence electrons. The van der Waals surface area contributed by atoms with Crippen molar-refractivity contribution in [2.75, 3.05) is 19.6 Å². The highest BCUT2D eigenvalue weighted by molar-refractivity contribution is 7.18. The molecular weight excluding hydrogens is 414 g/mol. The summed E-state index contributed by atoms with van der Waals surface area (Å²) in [6, 6.07) is 0.175. The Labute approximate surface area is 184 Å². The van der Waals surface area contributed by atoms with Crippen molar-refractivity contribution < 1.29 is 9.59 Å². The Kier molecular flexibility index (Phi) is 5.56. The van der Waals surface area contributed by atoms with Crippen LogP contribution in [0.3, 0.4) is 0 Å². The quantitative estimate of drug-likeness (QED) is 0.724. The van der Waals surface area contributed by atoms with Gasteiger partial charge in [-0.25, -0.2) is 4.98 Å². The number of thiophene rings is 1. The first-order chi connectivity index (χ1) is 15.0. The third kappa shape index (κ3) is 3.89. The number of H-pyrrole nitrogens is 1. The molecule has 3 N–H and O–H groups in total. The highest BCUT2D eigenvalue weighted by atomic mass is 32.1. The number of hydrogen-bond donors (Lipinski definition) is 2. The summed E-state index contributed by atoms with van der Waals surface area (Å²) >= 11 is 1.63. The van der Waals surface area contributed by atoms with E-state index in [-0.39, 0.29) is 23.4 Å². The van der Waals surface area contributed by atoms with Gasteiger partial charge < -0.3 is 15.6 Å². The molecule has 2 saturated heterocycles. The summed E-state index contributed by atoms with van der Waals surface area (Å²) in [6.45, 7) is 2.32. The fraction of sp³-hybridized carbons (Fsp3) is 0.636. The summed E-state index contributed by atoms with van der Waals surface area (Å²) in [4.78, 5) is 50.8. The highest BCUT2D eigenvalue weighted by Crippen LogP contribution is 2.34. The van der Waals surface area contributed by atoms with Crippen LogP contribution in [0, 0.1) is 0 Å². The van der Waals surface area contributed by atoms with Gasteiger partial charge in [0.1, 0.15) is 10.7 Å². The van der Waals surface area contributed by atoms with Crippen LogP contribution in [0.2, 0.25) is 0 Å². The minimum absolute atomic E-state index is 0.0673. The second kappa shape index (κ2) is 8.35. The monoisotopic (exact) mass is 443 g/mol. The third-order valence-electron chi connectivity index (χ3n) is 7.11. The molecule has 0 radical (unpaired) electrons. The van der Waals surface area contributed by atoms with E-state index in [0.717, 1.165) is 61.7 Å². The maximum Gasteiger partial charge on any atom is 0.259 e. The first-order valence-corrected chi connectivity index (χ1v) is 12.2. The number of aryl methyl sites for hydroxylation is 3. The molecule has 2 aromatic rings. The van der Waals surface area contributed by atoms with Crippen molar-refractivity contribution in [2.24, 2.45) is 5.73 Å². The number of carbonyl (C=O) groups excluding carboxylic acids is 2. The molecule has 2 aromatic heterocycles. The van der Waals surface area contributed by atoms with E-state index in [2.05, 4.69) is 14.9 Å². The normalized spacial score (nSPS) is 22.3. The molecule has 1 atom stereocenters. The van der Waals surface area contributed by atoms with Crippen LogP contribution in [0.15, 0.2) is 4.79 Å². The van der Waals surface area contributed by atoms with Crippen LogP contribution in [0.4, 0.5) is 0 Å². The van der Waals surface area contributed by atoms with Gasteiger partial charge in [0, 0.05) is 36.9 Å². The molecule has 0 spiro atoms. The van der Waals surface area contributed by atoms with E-state index in [0.29, 0.717) is 37.8 Å². The first-order valence-electron chi connectivity index (χ1n) is 11.4. The van der Waals surface area contributed by atoms with Gasteiger partial charge in [0.05, 0.1) is 11.4 Å².